The average molecular weight is 312 g/mol. The van der Waals surface area contributed by atoms with Gasteiger partial charge in [0, 0.05) is 4.90 Å². The van der Waals surface area contributed by atoms with Crippen molar-refractivity contribution >= 4 is 34.4 Å². The third-order valence-electron chi connectivity index (χ3n) is 1.53. The number of ether oxygens (including phenoxy) is 1. The van der Waals surface area contributed by atoms with E-state index in [0.717, 1.165) is 4.90 Å². The molecule has 0 saturated carbocycles. The van der Waals surface area contributed by atoms with Gasteiger partial charge in [-0.1, -0.05) is 0 Å². The maximum absolute atomic E-state index is 13.5. The summed E-state index contributed by atoms with van der Waals surface area (Å²) in [7, 11) is 0. The molecule has 0 atom stereocenters. The molecule has 0 saturated heterocycles. The number of hydrogen-bond donors (Lipinski definition) is 0. The van der Waals surface area contributed by atoms with Crippen molar-refractivity contribution in [3.05, 3.63) is 21.5 Å². The van der Waals surface area contributed by atoms with E-state index in [1.807, 2.05) is 41.8 Å². The largest absolute Gasteiger partial charge is 0.491 e. The minimum absolute atomic E-state index is 0.255. The molecule has 0 fully saturated rings. The molecule has 0 amide bonds. The highest BCUT2D eigenvalue weighted by Crippen LogP contribution is 2.30. The van der Waals surface area contributed by atoms with E-state index in [1.165, 1.54) is 11.8 Å². The van der Waals surface area contributed by atoms with E-state index in [1.54, 1.807) is 6.07 Å². The minimum Gasteiger partial charge on any atom is -0.491 e. The summed E-state index contributed by atoms with van der Waals surface area (Å²) in [4.78, 5) is 0.946. The van der Waals surface area contributed by atoms with Gasteiger partial charge in [0.05, 0.1) is 10.2 Å². The van der Waals surface area contributed by atoms with Crippen molar-refractivity contribution in [1.82, 2.24) is 0 Å². The molecule has 13 heavy (non-hydrogen) atoms. The van der Waals surface area contributed by atoms with E-state index in [9.17, 15) is 4.39 Å². The van der Waals surface area contributed by atoms with Gasteiger partial charge in [0.25, 0.3) is 0 Å². The van der Waals surface area contributed by atoms with Crippen LogP contribution in [0.3, 0.4) is 0 Å². The van der Waals surface area contributed by atoms with Gasteiger partial charge in [-0.25, -0.2) is 4.39 Å². The highest BCUT2D eigenvalue weighted by molar-refractivity contribution is 14.1. The van der Waals surface area contributed by atoms with Gasteiger partial charge in [0.1, 0.15) is 0 Å². The fourth-order valence-corrected chi connectivity index (χ4v) is 2.52. The quantitative estimate of drug-likeness (QED) is 0.623. The SMILES string of the molecule is CCOc1ccc(SC)c(I)c1F. The van der Waals surface area contributed by atoms with Gasteiger partial charge in [-0.2, -0.15) is 0 Å². The van der Waals surface area contributed by atoms with Gasteiger partial charge in [0.2, 0.25) is 0 Å². The second-order valence-corrected chi connectivity index (χ2v) is 4.25. The predicted molar refractivity (Wildman–Crippen MR) is 62.1 cm³/mol. The normalized spacial score (nSPS) is 10.2. The van der Waals surface area contributed by atoms with Gasteiger partial charge >= 0.3 is 0 Å². The van der Waals surface area contributed by atoms with Gasteiger partial charge in [-0.05, 0) is 47.9 Å². The molecule has 0 spiro atoms. The number of thioether (sulfide) groups is 1. The fourth-order valence-electron chi connectivity index (χ4n) is 0.939. The lowest BCUT2D eigenvalue weighted by Gasteiger charge is -2.07. The van der Waals surface area contributed by atoms with Crippen LogP contribution in [0.2, 0.25) is 0 Å². The van der Waals surface area contributed by atoms with Crippen molar-refractivity contribution in [2.24, 2.45) is 0 Å². The van der Waals surface area contributed by atoms with Gasteiger partial charge < -0.3 is 4.74 Å². The molecule has 0 aliphatic rings. The second kappa shape index (κ2) is 5.05. The first-order valence-electron chi connectivity index (χ1n) is 3.85. The third-order valence-corrected chi connectivity index (χ3v) is 3.73. The molecular weight excluding hydrogens is 302 g/mol. The van der Waals surface area contributed by atoms with E-state index >= 15 is 0 Å². The van der Waals surface area contributed by atoms with Crippen molar-refractivity contribution in [2.45, 2.75) is 11.8 Å². The molecule has 0 N–H and O–H groups in total. The van der Waals surface area contributed by atoms with Crippen molar-refractivity contribution in [3.8, 4) is 5.75 Å². The Morgan fingerprint density at radius 2 is 2.23 bits per heavy atom. The zero-order valence-corrected chi connectivity index (χ0v) is 10.4. The summed E-state index contributed by atoms with van der Waals surface area (Å²) in [5, 5.41) is 0. The lowest BCUT2D eigenvalue weighted by atomic mass is 10.3. The Hall–Kier alpha value is 0.0300. The molecular formula is C9H10FIOS. The van der Waals surface area contributed by atoms with Gasteiger partial charge in [-0.15, -0.1) is 11.8 Å². The molecule has 1 rings (SSSR count). The topological polar surface area (TPSA) is 9.23 Å². The van der Waals surface area contributed by atoms with E-state index in [4.69, 9.17) is 4.74 Å². The van der Waals surface area contributed by atoms with Crippen LogP contribution < -0.4 is 4.74 Å². The Morgan fingerprint density at radius 1 is 1.54 bits per heavy atom. The summed E-state index contributed by atoms with van der Waals surface area (Å²) in [6.45, 7) is 2.33. The highest BCUT2D eigenvalue weighted by Gasteiger charge is 2.10. The summed E-state index contributed by atoms with van der Waals surface area (Å²) in [6.07, 6.45) is 1.93. The Labute approximate surface area is 95.2 Å². The molecule has 4 heteroatoms. The van der Waals surface area contributed by atoms with Crippen LogP contribution in [0, 0.1) is 9.39 Å². The Bertz CT molecular complexity index is 304. The summed E-state index contributed by atoms with van der Waals surface area (Å²) in [5.41, 5.74) is 0. The fraction of sp³-hybridized carbons (Fsp3) is 0.333. The lowest BCUT2D eigenvalue weighted by Crippen LogP contribution is -1.97. The predicted octanol–water partition coefficient (Wildman–Crippen LogP) is 3.55. The summed E-state index contributed by atoms with van der Waals surface area (Å²) in [6, 6.07) is 3.55. The van der Waals surface area contributed by atoms with E-state index < -0.39 is 0 Å². The van der Waals surface area contributed by atoms with Crippen LogP contribution in [0.25, 0.3) is 0 Å². The van der Waals surface area contributed by atoms with Crippen molar-refractivity contribution in [2.75, 3.05) is 12.9 Å². The summed E-state index contributed by atoms with van der Waals surface area (Å²) >= 11 is 3.53. The molecule has 1 aromatic carbocycles. The summed E-state index contributed by atoms with van der Waals surface area (Å²) in [5.74, 6) is 0.0824. The monoisotopic (exact) mass is 312 g/mol. The average Bonchev–Trinajstić information content (AvgIpc) is 2.14. The highest BCUT2D eigenvalue weighted by atomic mass is 127. The van der Waals surface area contributed by atoms with E-state index in [-0.39, 0.29) is 5.82 Å². The molecule has 0 aliphatic heterocycles. The number of rotatable bonds is 3. The molecule has 0 aliphatic carbocycles. The van der Waals surface area contributed by atoms with Crippen LogP contribution in [-0.4, -0.2) is 12.9 Å². The Balaban J connectivity index is 3.07. The summed E-state index contributed by atoms with van der Waals surface area (Å²) < 4.78 is 19.3. The first-order valence-corrected chi connectivity index (χ1v) is 6.15. The standard InChI is InChI=1S/C9H10FIOS/c1-3-12-6-4-5-7(13-2)9(11)8(6)10/h4-5H,3H2,1-2H3. The molecule has 72 valence electrons. The van der Waals surface area contributed by atoms with Crippen molar-refractivity contribution in [3.63, 3.8) is 0 Å². The van der Waals surface area contributed by atoms with Crippen LogP contribution in [-0.2, 0) is 0 Å². The van der Waals surface area contributed by atoms with Crippen molar-refractivity contribution in [1.29, 1.82) is 0 Å². The minimum atomic E-state index is -0.255. The zero-order valence-electron chi connectivity index (χ0n) is 7.43. The van der Waals surface area contributed by atoms with E-state index in [0.29, 0.717) is 15.9 Å². The molecule has 1 nitrogen and oxygen atoms in total. The maximum Gasteiger partial charge on any atom is 0.179 e. The molecule has 1 aromatic rings. The second-order valence-electron chi connectivity index (χ2n) is 2.33. The first kappa shape index (κ1) is 11.1. The molecule has 0 bridgehead atoms. The van der Waals surface area contributed by atoms with Gasteiger partial charge in [0.15, 0.2) is 11.6 Å². The number of benzene rings is 1. The van der Waals surface area contributed by atoms with Crippen LogP contribution in [0.5, 0.6) is 5.75 Å². The first-order chi connectivity index (χ1) is 6.20. The molecule has 0 aromatic heterocycles. The smallest absolute Gasteiger partial charge is 0.179 e. The van der Waals surface area contributed by atoms with Crippen LogP contribution in [0.15, 0.2) is 17.0 Å². The molecule has 0 unspecified atom stereocenters. The van der Waals surface area contributed by atoms with E-state index in [2.05, 4.69) is 0 Å². The third kappa shape index (κ3) is 2.49. The van der Waals surface area contributed by atoms with Crippen LogP contribution in [0.1, 0.15) is 6.92 Å². The maximum atomic E-state index is 13.5. The van der Waals surface area contributed by atoms with Crippen LogP contribution in [0.4, 0.5) is 4.39 Å². The van der Waals surface area contributed by atoms with Crippen LogP contribution >= 0.6 is 34.4 Å². The molecule has 0 heterocycles. The van der Waals surface area contributed by atoms with Gasteiger partial charge in [-0.3, -0.25) is 0 Å². The lowest BCUT2D eigenvalue weighted by molar-refractivity contribution is 0.320. The zero-order chi connectivity index (χ0) is 9.84. The molecule has 0 radical (unpaired) electrons. The Kier molecular flexibility index (Phi) is 4.31. The van der Waals surface area contributed by atoms with Crippen molar-refractivity contribution < 1.29 is 9.13 Å². The number of halogens is 2. The number of hydrogen-bond acceptors (Lipinski definition) is 2. The Morgan fingerprint density at radius 3 is 2.77 bits per heavy atom.